The summed E-state index contributed by atoms with van der Waals surface area (Å²) in [5.41, 5.74) is 4.22. The molecule has 0 aliphatic carbocycles. The van der Waals surface area contributed by atoms with E-state index >= 15 is 0 Å². The zero-order valence-corrected chi connectivity index (χ0v) is 11.6. The molecular formula is C14H14Cl2O. The number of rotatable bonds is 2. The molecule has 90 valence electrons. The van der Waals surface area contributed by atoms with Crippen LogP contribution in [0.2, 0.25) is 5.02 Å². The molecule has 0 saturated heterocycles. The van der Waals surface area contributed by atoms with E-state index in [9.17, 15) is 0 Å². The monoisotopic (exact) mass is 268 g/mol. The standard InChI is InChI=1S/C14H14Cl2O/c1-8-4-5-17-14(8)13(16)11-6-10(3)12(15)7-9(11)2/h4-7,13H,1-3H3. The van der Waals surface area contributed by atoms with Crippen molar-refractivity contribution in [1.29, 1.82) is 0 Å². The van der Waals surface area contributed by atoms with Crippen LogP contribution in [0.4, 0.5) is 0 Å². The summed E-state index contributed by atoms with van der Waals surface area (Å²) in [7, 11) is 0. The summed E-state index contributed by atoms with van der Waals surface area (Å²) < 4.78 is 5.44. The number of aryl methyl sites for hydroxylation is 3. The Balaban J connectivity index is 2.48. The second kappa shape index (κ2) is 4.75. The van der Waals surface area contributed by atoms with Crippen LogP contribution in [-0.4, -0.2) is 0 Å². The van der Waals surface area contributed by atoms with Gasteiger partial charge in [-0.25, -0.2) is 0 Å². The lowest BCUT2D eigenvalue weighted by Crippen LogP contribution is -1.98. The van der Waals surface area contributed by atoms with Crippen molar-refractivity contribution in [2.24, 2.45) is 0 Å². The molecule has 1 heterocycles. The van der Waals surface area contributed by atoms with E-state index in [0.717, 1.165) is 33.0 Å². The smallest absolute Gasteiger partial charge is 0.128 e. The van der Waals surface area contributed by atoms with Crippen molar-refractivity contribution in [3.05, 3.63) is 57.5 Å². The van der Waals surface area contributed by atoms with E-state index < -0.39 is 0 Å². The number of alkyl halides is 1. The Morgan fingerprint density at radius 2 is 1.76 bits per heavy atom. The third-order valence-electron chi connectivity index (χ3n) is 2.95. The minimum atomic E-state index is -0.263. The average molecular weight is 269 g/mol. The molecule has 1 aromatic carbocycles. The number of hydrogen-bond donors (Lipinski definition) is 0. The summed E-state index contributed by atoms with van der Waals surface area (Å²) in [5.74, 6) is 0.802. The van der Waals surface area contributed by atoms with Crippen molar-refractivity contribution in [3.63, 3.8) is 0 Å². The third-order valence-corrected chi connectivity index (χ3v) is 3.79. The van der Waals surface area contributed by atoms with Gasteiger partial charge in [0, 0.05) is 5.02 Å². The zero-order chi connectivity index (χ0) is 12.6. The van der Waals surface area contributed by atoms with Crippen LogP contribution in [0.25, 0.3) is 0 Å². The van der Waals surface area contributed by atoms with E-state index in [1.54, 1.807) is 6.26 Å². The summed E-state index contributed by atoms with van der Waals surface area (Å²) in [4.78, 5) is 0. The minimum absolute atomic E-state index is 0.263. The molecule has 0 amide bonds. The first kappa shape index (κ1) is 12.5. The molecular weight excluding hydrogens is 255 g/mol. The molecule has 1 aromatic heterocycles. The Labute approximate surface area is 111 Å². The molecule has 0 bridgehead atoms. The van der Waals surface area contributed by atoms with Gasteiger partial charge < -0.3 is 4.42 Å². The van der Waals surface area contributed by atoms with Crippen LogP contribution < -0.4 is 0 Å². The van der Waals surface area contributed by atoms with Crippen molar-refractivity contribution in [1.82, 2.24) is 0 Å². The lowest BCUT2D eigenvalue weighted by Gasteiger charge is -2.13. The highest BCUT2D eigenvalue weighted by Gasteiger charge is 2.19. The van der Waals surface area contributed by atoms with Gasteiger partial charge in [-0.2, -0.15) is 0 Å². The fraction of sp³-hybridized carbons (Fsp3) is 0.286. The zero-order valence-electron chi connectivity index (χ0n) is 10.1. The molecule has 0 saturated carbocycles. The second-order valence-electron chi connectivity index (χ2n) is 4.29. The van der Waals surface area contributed by atoms with E-state index in [2.05, 4.69) is 0 Å². The van der Waals surface area contributed by atoms with Gasteiger partial charge in [0.25, 0.3) is 0 Å². The highest BCUT2D eigenvalue weighted by Crippen LogP contribution is 2.35. The van der Waals surface area contributed by atoms with Crippen molar-refractivity contribution in [2.75, 3.05) is 0 Å². The number of benzene rings is 1. The van der Waals surface area contributed by atoms with Gasteiger partial charge in [0.2, 0.25) is 0 Å². The third kappa shape index (κ3) is 2.36. The Bertz CT molecular complexity index is 543. The predicted molar refractivity (Wildman–Crippen MR) is 72.1 cm³/mol. The molecule has 17 heavy (non-hydrogen) atoms. The van der Waals surface area contributed by atoms with Crippen LogP contribution in [0, 0.1) is 20.8 Å². The number of hydrogen-bond acceptors (Lipinski definition) is 1. The highest BCUT2D eigenvalue weighted by molar-refractivity contribution is 6.31. The average Bonchev–Trinajstić information content (AvgIpc) is 2.69. The van der Waals surface area contributed by atoms with E-state index in [-0.39, 0.29) is 5.38 Å². The van der Waals surface area contributed by atoms with E-state index in [0.29, 0.717) is 0 Å². The summed E-state index contributed by atoms with van der Waals surface area (Å²) in [6.07, 6.45) is 1.66. The van der Waals surface area contributed by atoms with Gasteiger partial charge >= 0.3 is 0 Å². The molecule has 1 atom stereocenters. The van der Waals surface area contributed by atoms with E-state index in [4.69, 9.17) is 27.6 Å². The fourth-order valence-corrected chi connectivity index (χ4v) is 2.54. The maximum atomic E-state index is 6.47. The predicted octanol–water partition coefficient (Wildman–Crippen LogP) is 5.19. The lowest BCUT2D eigenvalue weighted by atomic mass is 10.00. The summed E-state index contributed by atoms with van der Waals surface area (Å²) >= 11 is 12.6. The molecule has 0 spiro atoms. The number of furan rings is 1. The van der Waals surface area contributed by atoms with Gasteiger partial charge in [0.05, 0.1) is 6.26 Å². The van der Waals surface area contributed by atoms with Gasteiger partial charge in [-0.1, -0.05) is 17.7 Å². The van der Waals surface area contributed by atoms with Crippen molar-refractivity contribution < 1.29 is 4.42 Å². The normalized spacial score (nSPS) is 12.8. The van der Waals surface area contributed by atoms with Gasteiger partial charge in [0.1, 0.15) is 11.1 Å². The van der Waals surface area contributed by atoms with Gasteiger partial charge in [-0.3, -0.25) is 0 Å². The molecule has 2 aromatic rings. The molecule has 0 aliphatic rings. The minimum Gasteiger partial charge on any atom is -0.467 e. The van der Waals surface area contributed by atoms with Crippen molar-refractivity contribution in [3.8, 4) is 0 Å². The summed E-state index contributed by atoms with van der Waals surface area (Å²) in [5, 5.41) is 0.507. The summed E-state index contributed by atoms with van der Waals surface area (Å²) in [6.45, 7) is 5.98. The Kier molecular flexibility index (Phi) is 3.50. The molecule has 1 unspecified atom stereocenters. The quantitative estimate of drug-likeness (QED) is 0.684. The van der Waals surface area contributed by atoms with Crippen LogP contribution in [0.1, 0.15) is 33.4 Å². The lowest BCUT2D eigenvalue weighted by molar-refractivity contribution is 0.513. The SMILES string of the molecule is Cc1cc(C(Cl)c2occc2C)c(C)cc1Cl. The molecule has 1 nitrogen and oxygen atoms in total. The molecule has 2 rings (SSSR count). The summed E-state index contributed by atoms with van der Waals surface area (Å²) in [6, 6.07) is 5.89. The van der Waals surface area contributed by atoms with E-state index in [1.165, 1.54) is 0 Å². The van der Waals surface area contributed by atoms with Crippen molar-refractivity contribution in [2.45, 2.75) is 26.1 Å². The molecule has 0 radical (unpaired) electrons. The number of halogens is 2. The largest absolute Gasteiger partial charge is 0.467 e. The van der Waals surface area contributed by atoms with Crippen LogP contribution in [0.5, 0.6) is 0 Å². The molecule has 0 aliphatic heterocycles. The molecule has 0 fully saturated rings. The topological polar surface area (TPSA) is 13.1 Å². The second-order valence-corrected chi connectivity index (χ2v) is 5.13. The van der Waals surface area contributed by atoms with Gasteiger partial charge in [-0.05, 0) is 55.2 Å². The first-order valence-corrected chi connectivity index (χ1v) is 6.27. The maximum Gasteiger partial charge on any atom is 0.128 e. The molecule has 3 heteroatoms. The Morgan fingerprint density at radius 3 is 2.35 bits per heavy atom. The first-order valence-electron chi connectivity index (χ1n) is 5.45. The highest BCUT2D eigenvalue weighted by atomic mass is 35.5. The van der Waals surface area contributed by atoms with Crippen molar-refractivity contribution >= 4 is 23.2 Å². The van der Waals surface area contributed by atoms with Crippen LogP contribution in [0.15, 0.2) is 28.9 Å². The van der Waals surface area contributed by atoms with Gasteiger partial charge in [-0.15, -0.1) is 11.6 Å². The Morgan fingerprint density at radius 1 is 1.06 bits per heavy atom. The van der Waals surface area contributed by atoms with Crippen LogP contribution >= 0.6 is 23.2 Å². The van der Waals surface area contributed by atoms with Crippen LogP contribution in [0.3, 0.4) is 0 Å². The first-order chi connectivity index (χ1) is 8.00. The maximum absolute atomic E-state index is 6.47. The molecule has 0 N–H and O–H groups in total. The Hall–Kier alpha value is -0.920. The van der Waals surface area contributed by atoms with E-state index in [1.807, 2.05) is 39.0 Å². The van der Waals surface area contributed by atoms with Crippen LogP contribution in [-0.2, 0) is 0 Å². The van der Waals surface area contributed by atoms with Gasteiger partial charge in [0.15, 0.2) is 0 Å². The fourth-order valence-electron chi connectivity index (χ4n) is 1.86.